The predicted octanol–water partition coefficient (Wildman–Crippen LogP) is 3.73. The Bertz CT molecular complexity index is 836. The van der Waals surface area contributed by atoms with Gasteiger partial charge in [0.1, 0.15) is 0 Å². The fourth-order valence-electron chi connectivity index (χ4n) is 2.79. The lowest BCUT2D eigenvalue weighted by molar-refractivity contribution is 0.593. The predicted molar refractivity (Wildman–Crippen MR) is 85.4 cm³/mol. The monoisotopic (exact) mass is 331 g/mol. The number of aryl methyl sites for hydroxylation is 1. The van der Waals surface area contributed by atoms with Gasteiger partial charge in [0.15, 0.2) is 9.84 Å². The summed E-state index contributed by atoms with van der Waals surface area (Å²) in [7, 11) is -3.51. The van der Waals surface area contributed by atoms with Crippen molar-refractivity contribution < 1.29 is 8.42 Å². The number of nitrogens with zero attached hydrogens (tertiary/aromatic N) is 1. The van der Waals surface area contributed by atoms with E-state index >= 15 is 0 Å². The molecule has 0 heterocycles. The van der Waals surface area contributed by atoms with Crippen LogP contribution in [0.5, 0.6) is 0 Å². The summed E-state index contributed by atoms with van der Waals surface area (Å²) in [6.07, 6.45) is 0. The zero-order valence-electron chi connectivity index (χ0n) is 11.9. The maximum absolute atomic E-state index is 12.7. The summed E-state index contributed by atoms with van der Waals surface area (Å²) >= 11 is 5.86. The average Bonchev–Trinajstić information content (AvgIpc) is 3.24. The third-order valence-corrected chi connectivity index (χ3v) is 6.55. The van der Waals surface area contributed by atoms with Gasteiger partial charge in [-0.25, -0.2) is 8.42 Å². The van der Waals surface area contributed by atoms with Crippen LogP contribution in [0.3, 0.4) is 0 Å². The van der Waals surface area contributed by atoms with E-state index in [0.29, 0.717) is 5.02 Å². The second kappa shape index (κ2) is 5.42. The molecule has 0 spiro atoms. The summed E-state index contributed by atoms with van der Waals surface area (Å²) in [5.74, 6) is -0.791. The molecule has 2 aromatic carbocycles. The minimum absolute atomic E-state index is 0.278. The summed E-state index contributed by atoms with van der Waals surface area (Å²) in [5.41, 5.74) is 1.84. The number of benzene rings is 2. The minimum atomic E-state index is -3.51. The van der Waals surface area contributed by atoms with E-state index in [1.165, 1.54) is 0 Å². The van der Waals surface area contributed by atoms with Crippen molar-refractivity contribution >= 4 is 21.4 Å². The lowest BCUT2D eigenvalue weighted by atomic mass is 10.1. The molecule has 2 aromatic rings. The highest BCUT2D eigenvalue weighted by atomic mass is 35.5. The SMILES string of the molecule is Cc1ccc(S(=O)(=O)[C@@H]2[C@H](C#N)[C@H]2c2ccc(Cl)cc2)cc1. The van der Waals surface area contributed by atoms with Crippen LogP contribution in [0.25, 0.3) is 0 Å². The average molecular weight is 332 g/mol. The third kappa shape index (κ3) is 2.51. The Labute approximate surface area is 135 Å². The summed E-state index contributed by atoms with van der Waals surface area (Å²) in [6, 6.07) is 15.9. The molecular formula is C17H14ClNO2S. The minimum Gasteiger partial charge on any atom is -0.223 e. The van der Waals surface area contributed by atoms with E-state index in [9.17, 15) is 13.7 Å². The molecule has 0 N–H and O–H groups in total. The highest BCUT2D eigenvalue weighted by Crippen LogP contribution is 2.53. The molecule has 1 aliphatic carbocycles. The van der Waals surface area contributed by atoms with E-state index in [1.807, 2.05) is 6.92 Å². The van der Waals surface area contributed by atoms with Crippen molar-refractivity contribution in [3.05, 3.63) is 64.7 Å². The molecule has 0 bridgehead atoms. The van der Waals surface area contributed by atoms with Crippen molar-refractivity contribution in [1.29, 1.82) is 5.26 Å². The molecule has 1 aliphatic rings. The van der Waals surface area contributed by atoms with Crippen LogP contribution in [0, 0.1) is 24.2 Å². The molecule has 5 heteroatoms. The van der Waals surface area contributed by atoms with Gasteiger partial charge in [0, 0.05) is 10.9 Å². The van der Waals surface area contributed by atoms with Crippen LogP contribution in [0.1, 0.15) is 17.0 Å². The van der Waals surface area contributed by atoms with Gasteiger partial charge in [-0.2, -0.15) is 5.26 Å². The van der Waals surface area contributed by atoms with Crippen LogP contribution in [0.15, 0.2) is 53.4 Å². The number of sulfone groups is 1. The number of hydrogen-bond acceptors (Lipinski definition) is 3. The third-order valence-electron chi connectivity index (χ3n) is 4.07. The van der Waals surface area contributed by atoms with Gasteiger partial charge >= 0.3 is 0 Å². The fourth-order valence-corrected chi connectivity index (χ4v) is 4.98. The van der Waals surface area contributed by atoms with Crippen LogP contribution in [0.4, 0.5) is 0 Å². The van der Waals surface area contributed by atoms with Crippen molar-refractivity contribution in [2.24, 2.45) is 5.92 Å². The molecule has 0 radical (unpaired) electrons. The van der Waals surface area contributed by atoms with E-state index in [4.69, 9.17) is 11.6 Å². The molecule has 0 saturated heterocycles. The standard InChI is InChI=1S/C17H14ClNO2S/c1-11-2-8-14(9-3-11)22(20,21)17-15(10-19)16(17)12-4-6-13(18)7-5-12/h2-9,15-17H,1H3/t15-,16-,17-/m1/s1. The Morgan fingerprint density at radius 2 is 1.64 bits per heavy atom. The van der Waals surface area contributed by atoms with Gasteiger partial charge in [-0.15, -0.1) is 0 Å². The Morgan fingerprint density at radius 3 is 2.18 bits per heavy atom. The number of nitriles is 1. The lowest BCUT2D eigenvalue weighted by Gasteiger charge is -2.04. The second-order valence-electron chi connectivity index (χ2n) is 5.55. The fraction of sp³-hybridized carbons (Fsp3) is 0.235. The first-order valence-electron chi connectivity index (χ1n) is 6.91. The van der Waals surface area contributed by atoms with Crippen LogP contribution in [0.2, 0.25) is 5.02 Å². The summed E-state index contributed by atoms with van der Waals surface area (Å²) in [5, 5.41) is 9.19. The molecule has 0 aliphatic heterocycles. The van der Waals surface area contributed by atoms with E-state index in [1.54, 1.807) is 48.5 Å². The Morgan fingerprint density at radius 1 is 1.05 bits per heavy atom. The number of hydrogen-bond donors (Lipinski definition) is 0. The molecule has 0 unspecified atom stereocenters. The van der Waals surface area contributed by atoms with E-state index in [2.05, 4.69) is 6.07 Å². The molecule has 1 saturated carbocycles. The lowest BCUT2D eigenvalue weighted by Crippen LogP contribution is -2.10. The molecular weight excluding hydrogens is 318 g/mol. The first kappa shape index (κ1) is 15.1. The van der Waals surface area contributed by atoms with Crippen LogP contribution in [-0.4, -0.2) is 13.7 Å². The van der Waals surface area contributed by atoms with E-state index in [0.717, 1.165) is 11.1 Å². The highest BCUT2D eigenvalue weighted by molar-refractivity contribution is 7.92. The van der Waals surface area contributed by atoms with Crippen LogP contribution in [-0.2, 0) is 9.84 Å². The Hall–Kier alpha value is -1.83. The van der Waals surface area contributed by atoms with Crippen molar-refractivity contribution in [3.63, 3.8) is 0 Å². The molecule has 3 nitrogen and oxygen atoms in total. The zero-order valence-corrected chi connectivity index (χ0v) is 13.5. The van der Waals surface area contributed by atoms with Gasteiger partial charge in [0.05, 0.1) is 22.1 Å². The molecule has 112 valence electrons. The molecule has 1 fully saturated rings. The van der Waals surface area contributed by atoms with Crippen LogP contribution >= 0.6 is 11.6 Å². The van der Waals surface area contributed by atoms with Crippen molar-refractivity contribution in [3.8, 4) is 6.07 Å². The van der Waals surface area contributed by atoms with Gasteiger partial charge in [-0.3, -0.25) is 0 Å². The first-order valence-corrected chi connectivity index (χ1v) is 8.83. The molecule has 22 heavy (non-hydrogen) atoms. The first-order chi connectivity index (χ1) is 10.4. The van der Waals surface area contributed by atoms with Crippen molar-refractivity contribution in [2.75, 3.05) is 0 Å². The van der Waals surface area contributed by atoms with E-state index in [-0.39, 0.29) is 10.8 Å². The Kier molecular flexibility index (Phi) is 3.72. The second-order valence-corrected chi connectivity index (χ2v) is 8.10. The van der Waals surface area contributed by atoms with Crippen molar-refractivity contribution in [2.45, 2.75) is 23.0 Å². The quantitative estimate of drug-likeness (QED) is 0.861. The molecule has 3 atom stereocenters. The number of rotatable bonds is 3. The smallest absolute Gasteiger partial charge is 0.183 e. The van der Waals surface area contributed by atoms with Gasteiger partial charge < -0.3 is 0 Å². The summed E-state index contributed by atoms with van der Waals surface area (Å²) in [4.78, 5) is 0.278. The maximum atomic E-state index is 12.7. The van der Waals surface area contributed by atoms with Crippen LogP contribution < -0.4 is 0 Å². The molecule has 0 aromatic heterocycles. The molecule has 3 rings (SSSR count). The van der Waals surface area contributed by atoms with Gasteiger partial charge in [-0.05, 0) is 36.8 Å². The van der Waals surface area contributed by atoms with Gasteiger partial charge in [0.2, 0.25) is 0 Å². The summed E-state index contributed by atoms with van der Waals surface area (Å²) in [6.45, 7) is 1.90. The molecule has 0 amide bonds. The Balaban J connectivity index is 1.95. The zero-order chi connectivity index (χ0) is 15.9. The normalized spacial score (nSPS) is 23.8. The summed E-state index contributed by atoms with van der Waals surface area (Å²) < 4.78 is 25.5. The highest BCUT2D eigenvalue weighted by Gasteiger charge is 2.59. The van der Waals surface area contributed by atoms with Gasteiger partial charge in [0.25, 0.3) is 0 Å². The van der Waals surface area contributed by atoms with E-state index < -0.39 is 21.0 Å². The topological polar surface area (TPSA) is 57.9 Å². The maximum Gasteiger partial charge on any atom is 0.183 e. The van der Waals surface area contributed by atoms with Crippen molar-refractivity contribution in [1.82, 2.24) is 0 Å². The van der Waals surface area contributed by atoms with Gasteiger partial charge in [-0.1, -0.05) is 41.4 Å². The number of halogens is 1. The largest absolute Gasteiger partial charge is 0.223 e.